The van der Waals surface area contributed by atoms with E-state index in [0.29, 0.717) is 0 Å². The molecule has 3 aromatic rings. The molecule has 3 aromatic carbocycles. The molecule has 0 amide bonds. The third kappa shape index (κ3) is 2.23. The fraction of sp³-hybridized carbons (Fsp3) is 0.263. The van der Waals surface area contributed by atoms with Gasteiger partial charge in [-0.15, -0.1) is 0 Å². The van der Waals surface area contributed by atoms with Crippen molar-refractivity contribution >= 4 is 21.5 Å². The van der Waals surface area contributed by atoms with Gasteiger partial charge in [-0.1, -0.05) is 62.7 Å². The van der Waals surface area contributed by atoms with E-state index in [0.717, 1.165) is 0 Å². The van der Waals surface area contributed by atoms with Gasteiger partial charge in [0.1, 0.15) is 0 Å². The molecule has 0 aliphatic carbocycles. The molecule has 0 unspecified atom stereocenters. The molecule has 0 aliphatic heterocycles. The van der Waals surface area contributed by atoms with Crippen molar-refractivity contribution in [2.75, 3.05) is 0 Å². The number of fused-ring (bicyclic) bond motifs is 2. The fourth-order valence-electron chi connectivity index (χ4n) is 2.58. The highest BCUT2D eigenvalue weighted by Crippen LogP contribution is 2.29. The Morgan fingerprint density at radius 2 is 1.21 bits per heavy atom. The van der Waals surface area contributed by atoms with Crippen LogP contribution >= 0.6 is 0 Å². The van der Waals surface area contributed by atoms with Crippen LogP contribution in [0.4, 0.5) is 0 Å². The predicted octanol–water partition coefficient (Wildman–Crippen LogP) is 5.60. The van der Waals surface area contributed by atoms with Crippen LogP contribution in [0.3, 0.4) is 0 Å². The molecule has 3 rings (SSSR count). The SMILES string of the molecule is Cc1ccc2cc3cc(C(C)(C)C)ccc3cc2c1. The van der Waals surface area contributed by atoms with Gasteiger partial charge in [0.15, 0.2) is 0 Å². The van der Waals surface area contributed by atoms with Crippen molar-refractivity contribution in [1.29, 1.82) is 0 Å². The molecule has 0 fully saturated rings. The van der Waals surface area contributed by atoms with E-state index in [9.17, 15) is 0 Å². The first-order chi connectivity index (χ1) is 8.93. The second kappa shape index (κ2) is 4.09. The number of hydrogen-bond acceptors (Lipinski definition) is 0. The van der Waals surface area contributed by atoms with Gasteiger partial charge in [0.2, 0.25) is 0 Å². The lowest BCUT2D eigenvalue weighted by Gasteiger charge is -2.19. The summed E-state index contributed by atoms with van der Waals surface area (Å²) in [5.41, 5.74) is 2.92. The molecule has 0 N–H and O–H groups in total. The predicted molar refractivity (Wildman–Crippen MR) is 84.9 cm³/mol. The van der Waals surface area contributed by atoms with Crippen molar-refractivity contribution in [3.8, 4) is 0 Å². The van der Waals surface area contributed by atoms with Crippen LogP contribution in [-0.4, -0.2) is 0 Å². The zero-order chi connectivity index (χ0) is 13.6. The Hall–Kier alpha value is -1.82. The van der Waals surface area contributed by atoms with Crippen LogP contribution in [0.1, 0.15) is 31.9 Å². The lowest BCUT2D eigenvalue weighted by molar-refractivity contribution is 0.591. The van der Waals surface area contributed by atoms with Crippen molar-refractivity contribution in [3.05, 3.63) is 59.7 Å². The number of benzene rings is 3. The summed E-state index contributed by atoms with van der Waals surface area (Å²) < 4.78 is 0. The molecule has 0 heteroatoms. The third-order valence-corrected chi connectivity index (χ3v) is 3.82. The number of aryl methyl sites for hydroxylation is 1. The Morgan fingerprint density at radius 3 is 1.84 bits per heavy atom. The van der Waals surface area contributed by atoms with Gasteiger partial charge in [0.25, 0.3) is 0 Å². The van der Waals surface area contributed by atoms with Gasteiger partial charge in [-0.2, -0.15) is 0 Å². The van der Waals surface area contributed by atoms with Crippen LogP contribution in [0.2, 0.25) is 0 Å². The van der Waals surface area contributed by atoms with E-state index in [-0.39, 0.29) is 5.41 Å². The first kappa shape index (κ1) is 12.2. The number of rotatable bonds is 0. The first-order valence-electron chi connectivity index (χ1n) is 6.88. The molecule has 0 nitrogen and oxygen atoms in total. The van der Waals surface area contributed by atoms with Crippen LogP contribution in [-0.2, 0) is 5.41 Å². The minimum Gasteiger partial charge on any atom is -0.0587 e. The molecule has 19 heavy (non-hydrogen) atoms. The minimum atomic E-state index is 0.205. The summed E-state index contributed by atoms with van der Waals surface area (Å²) in [6.07, 6.45) is 0. The normalized spacial score (nSPS) is 12.2. The summed E-state index contributed by atoms with van der Waals surface area (Å²) in [5, 5.41) is 5.31. The Labute approximate surface area is 115 Å². The van der Waals surface area contributed by atoms with Gasteiger partial charge in [-0.25, -0.2) is 0 Å². The van der Waals surface area contributed by atoms with Gasteiger partial charge < -0.3 is 0 Å². The average Bonchev–Trinajstić information content (AvgIpc) is 2.34. The lowest BCUT2D eigenvalue weighted by Crippen LogP contribution is -2.10. The molecule has 0 atom stereocenters. The fourth-order valence-corrected chi connectivity index (χ4v) is 2.58. The molecule has 96 valence electrons. The van der Waals surface area contributed by atoms with Gasteiger partial charge in [-0.3, -0.25) is 0 Å². The van der Waals surface area contributed by atoms with Gasteiger partial charge in [-0.05, 0) is 51.6 Å². The smallest absolute Gasteiger partial charge is 0.0132 e. The van der Waals surface area contributed by atoms with E-state index in [4.69, 9.17) is 0 Å². The lowest BCUT2D eigenvalue weighted by atomic mass is 9.85. The molecule has 0 radical (unpaired) electrons. The molecule has 0 spiro atoms. The highest BCUT2D eigenvalue weighted by molar-refractivity contribution is 5.98. The molecule has 0 bridgehead atoms. The van der Waals surface area contributed by atoms with E-state index >= 15 is 0 Å². The molecule has 0 aromatic heterocycles. The van der Waals surface area contributed by atoms with E-state index < -0.39 is 0 Å². The molecule has 0 heterocycles. The average molecular weight is 248 g/mol. The molecule has 0 saturated heterocycles. The monoisotopic (exact) mass is 248 g/mol. The van der Waals surface area contributed by atoms with Crippen LogP contribution in [0.15, 0.2) is 48.5 Å². The van der Waals surface area contributed by atoms with E-state index in [1.807, 2.05) is 0 Å². The van der Waals surface area contributed by atoms with Crippen molar-refractivity contribution in [2.24, 2.45) is 0 Å². The van der Waals surface area contributed by atoms with E-state index in [1.54, 1.807) is 0 Å². The van der Waals surface area contributed by atoms with Gasteiger partial charge in [0.05, 0.1) is 0 Å². The molecule has 0 aliphatic rings. The topological polar surface area (TPSA) is 0 Å². The minimum absolute atomic E-state index is 0.205. The zero-order valence-corrected chi connectivity index (χ0v) is 12.1. The van der Waals surface area contributed by atoms with Crippen molar-refractivity contribution in [3.63, 3.8) is 0 Å². The summed E-state index contributed by atoms with van der Waals surface area (Å²) in [4.78, 5) is 0. The van der Waals surface area contributed by atoms with Gasteiger partial charge >= 0.3 is 0 Å². The van der Waals surface area contributed by atoms with E-state index in [2.05, 4.69) is 76.2 Å². The quantitative estimate of drug-likeness (QED) is 0.454. The van der Waals surface area contributed by atoms with Crippen molar-refractivity contribution < 1.29 is 0 Å². The largest absolute Gasteiger partial charge is 0.0587 e. The van der Waals surface area contributed by atoms with E-state index in [1.165, 1.54) is 32.7 Å². The Balaban J connectivity index is 2.29. The number of hydrogen-bond donors (Lipinski definition) is 0. The van der Waals surface area contributed by atoms with Crippen LogP contribution in [0.5, 0.6) is 0 Å². The maximum Gasteiger partial charge on any atom is -0.0132 e. The standard InChI is InChI=1S/C19H20/c1-13-5-6-14-11-17-12-18(19(2,3)4)8-7-15(17)10-16(14)9-13/h5-12H,1-4H3. The Bertz CT molecular complexity index is 758. The second-order valence-electron chi connectivity index (χ2n) is 6.51. The van der Waals surface area contributed by atoms with Crippen LogP contribution in [0.25, 0.3) is 21.5 Å². The maximum absolute atomic E-state index is 2.33. The van der Waals surface area contributed by atoms with Crippen molar-refractivity contribution in [2.45, 2.75) is 33.1 Å². The maximum atomic E-state index is 2.33. The summed E-state index contributed by atoms with van der Waals surface area (Å²) >= 11 is 0. The highest BCUT2D eigenvalue weighted by atomic mass is 14.2. The highest BCUT2D eigenvalue weighted by Gasteiger charge is 2.13. The second-order valence-corrected chi connectivity index (χ2v) is 6.51. The van der Waals surface area contributed by atoms with Gasteiger partial charge in [0, 0.05) is 0 Å². The Kier molecular flexibility index (Phi) is 2.63. The third-order valence-electron chi connectivity index (χ3n) is 3.82. The summed E-state index contributed by atoms with van der Waals surface area (Å²) in [7, 11) is 0. The molecular weight excluding hydrogens is 228 g/mol. The van der Waals surface area contributed by atoms with Crippen molar-refractivity contribution in [1.82, 2.24) is 0 Å². The molecular formula is C19H20. The van der Waals surface area contributed by atoms with Crippen LogP contribution in [0, 0.1) is 6.92 Å². The first-order valence-corrected chi connectivity index (χ1v) is 6.88. The Morgan fingerprint density at radius 1 is 0.632 bits per heavy atom. The van der Waals surface area contributed by atoms with Crippen LogP contribution < -0.4 is 0 Å². The zero-order valence-electron chi connectivity index (χ0n) is 12.1. The molecule has 0 saturated carbocycles. The summed E-state index contributed by atoms with van der Waals surface area (Å²) in [6.45, 7) is 8.93. The summed E-state index contributed by atoms with van der Waals surface area (Å²) in [6, 6.07) is 18.1. The summed E-state index contributed by atoms with van der Waals surface area (Å²) in [5.74, 6) is 0.